The first-order valence-electron chi connectivity index (χ1n) is 9.48. The Morgan fingerprint density at radius 1 is 0.633 bits per heavy atom. The first-order chi connectivity index (χ1) is 14.2. The molecule has 4 aromatic rings. The van der Waals surface area contributed by atoms with Gasteiger partial charge in [0.25, 0.3) is 5.69 Å². The largest absolute Gasteiger partial charge is 1.00 e. The molecule has 0 unspecified atom stereocenters. The molecule has 0 aliphatic rings. The van der Waals surface area contributed by atoms with Crippen molar-refractivity contribution >= 4 is 28.9 Å². The molecule has 0 radical (unpaired) electrons. The highest BCUT2D eigenvalue weighted by atomic mass is 79.9. The summed E-state index contributed by atoms with van der Waals surface area (Å²) < 4.78 is 0. The van der Waals surface area contributed by atoms with E-state index in [1.807, 2.05) is 24.3 Å². The highest BCUT2D eigenvalue weighted by Crippen LogP contribution is 2.58. The monoisotopic (exact) mass is 477 g/mol. The zero-order valence-corrected chi connectivity index (χ0v) is 18.7. The Kier molecular flexibility index (Phi) is 7.15. The highest BCUT2D eigenvalue weighted by molar-refractivity contribution is 7.95. The maximum Gasteiger partial charge on any atom is 0.269 e. The van der Waals surface area contributed by atoms with Gasteiger partial charge in [-0.1, -0.05) is 66.7 Å². The molecular formula is C25H21BrNO2P. The Balaban J connectivity index is 0.00000256. The minimum absolute atomic E-state index is 0. The summed E-state index contributed by atoms with van der Waals surface area (Å²) in [6, 6.07) is 38.7. The summed E-state index contributed by atoms with van der Waals surface area (Å²) in [7, 11) is -2.05. The number of nitro benzene ring substituents is 1. The number of hydrogen-bond donors (Lipinski definition) is 0. The molecule has 0 atom stereocenters. The standard InChI is InChI=1S/C25H21NO2P.BrH/c27-26(28)22-12-10-11-21(19-22)20-29(23-13-4-1-5-14-23,24-15-6-2-7-16-24)25-17-8-3-9-18-25;/h1-19H,20H2;1H/q+1;/p-1. The van der Waals surface area contributed by atoms with Gasteiger partial charge >= 0.3 is 0 Å². The summed E-state index contributed by atoms with van der Waals surface area (Å²) in [6.07, 6.45) is 0.729. The van der Waals surface area contributed by atoms with Crippen LogP contribution >= 0.6 is 7.26 Å². The normalized spacial score (nSPS) is 10.8. The van der Waals surface area contributed by atoms with Crippen LogP contribution in [0.3, 0.4) is 0 Å². The van der Waals surface area contributed by atoms with Crippen molar-refractivity contribution in [3.63, 3.8) is 0 Å². The molecule has 4 aromatic carbocycles. The predicted molar refractivity (Wildman–Crippen MR) is 122 cm³/mol. The lowest BCUT2D eigenvalue weighted by molar-refractivity contribution is -0.384. The molecule has 5 heteroatoms. The van der Waals surface area contributed by atoms with Crippen molar-refractivity contribution in [2.45, 2.75) is 6.16 Å². The lowest BCUT2D eigenvalue weighted by Crippen LogP contribution is -3.00. The van der Waals surface area contributed by atoms with E-state index in [2.05, 4.69) is 72.8 Å². The molecule has 0 aromatic heterocycles. The molecule has 0 N–H and O–H groups in total. The number of non-ortho nitro benzene ring substituents is 1. The molecule has 30 heavy (non-hydrogen) atoms. The van der Waals surface area contributed by atoms with Crippen LogP contribution in [0, 0.1) is 10.1 Å². The van der Waals surface area contributed by atoms with Crippen molar-refractivity contribution < 1.29 is 21.9 Å². The number of rotatable bonds is 6. The van der Waals surface area contributed by atoms with Crippen LogP contribution in [0.15, 0.2) is 115 Å². The van der Waals surface area contributed by atoms with Crippen LogP contribution in [0.1, 0.15) is 5.56 Å². The van der Waals surface area contributed by atoms with E-state index in [1.54, 1.807) is 18.2 Å². The topological polar surface area (TPSA) is 43.1 Å². The van der Waals surface area contributed by atoms with Gasteiger partial charge in [-0.05, 0) is 42.0 Å². The second kappa shape index (κ2) is 9.80. The van der Waals surface area contributed by atoms with Crippen LogP contribution in [-0.2, 0) is 6.16 Å². The average molecular weight is 478 g/mol. The molecule has 0 aliphatic carbocycles. The molecule has 3 nitrogen and oxygen atoms in total. The van der Waals surface area contributed by atoms with Crippen LogP contribution in [-0.4, -0.2) is 4.92 Å². The van der Waals surface area contributed by atoms with Crippen molar-refractivity contribution in [3.05, 3.63) is 131 Å². The summed E-state index contributed by atoms with van der Waals surface area (Å²) in [5.41, 5.74) is 1.11. The van der Waals surface area contributed by atoms with E-state index >= 15 is 0 Å². The number of hydrogen-bond acceptors (Lipinski definition) is 2. The van der Waals surface area contributed by atoms with Crippen LogP contribution in [0.2, 0.25) is 0 Å². The number of nitrogens with zero attached hydrogens (tertiary/aromatic N) is 1. The SMILES string of the molecule is O=[N+]([O-])c1cccc(C[P+](c2ccccc2)(c2ccccc2)c2ccccc2)c1.[Br-]. The van der Waals surface area contributed by atoms with Crippen molar-refractivity contribution in [2.24, 2.45) is 0 Å². The molecular weight excluding hydrogens is 457 g/mol. The summed E-state index contributed by atoms with van der Waals surface area (Å²) in [6.45, 7) is 0. The molecule has 0 saturated heterocycles. The van der Waals surface area contributed by atoms with E-state index in [1.165, 1.54) is 15.9 Å². The fourth-order valence-electron chi connectivity index (χ4n) is 3.81. The molecule has 0 spiro atoms. The Morgan fingerprint density at radius 2 is 1.07 bits per heavy atom. The zero-order chi connectivity index (χ0) is 20.1. The van der Waals surface area contributed by atoms with E-state index in [9.17, 15) is 10.1 Å². The third kappa shape index (κ3) is 4.35. The summed E-state index contributed by atoms with van der Waals surface area (Å²) in [5.74, 6) is 0. The van der Waals surface area contributed by atoms with Crippen molar-refractivity contribution in [3.8, 4) is 0 Å². The Bertz CT molecular complexity index is 1010. The smallest absolute Gasteiger partial charge is 0.269 e. The second-order valence-electron chi connectivity index (χ2n) is 6.90. The summed E-state index contributed by atoms with van der Waals surface area (Å²) >= 11 is 0. The van der Waals surface area contributed by atoms with Crippen LogP contribution in [0.25, 0.3) is 0 Å². The van der Waals surface area contributed by atoms with E-state index in [0.717, 1.165) is 11.7 Å². The van der Waals surface area contributed by atoms with E-state index < -0.39 is 7.26 Å². The zero-order valence-electron chi connectivity index (χ0n) is 16.3. The molecule has 0 bridgehead atoms. The third-order valence-corrected chi connectivity index (χ3v) is 9.51. The third-order valence-electron chi connectivity index (χ3n) is 5.13. The maximum atomic E-state index is 11.3. The number of nitro groups is 1. The van der Waals surface area contributed by atoms with Gasteiger partial charge in [0.2, 0.25) is 0 Å². The molecule has 4 rings (SSSR count). The minimum Gasteiger partial charge on any atom is -1.00 e. The van der Waals surface area contributed by atoms with Crippen LogP contribution in [0.4, 0.5) is 5.69 Å². The Hall–Kier alpha value is -2.81. The van der Waals surface area contributed by atoms with Gasteiger partial charge in [-0.25, -0.2) is 0 Å². The molecule has 0 heterocycles. The van der Waals surface area contributed by atoms with Crippen LogP contribution in [0.5, 0.6) is 0 Å². The van der Waals surface area contributed by atoms with Gasteiger partial charge in [0, 0.05) is 12.1 Å². The number of halogens is 1. The van der Waals surface area contributed by atoms with Crippen LogP contribution < -0.4 is 32.9 Å². The quantitative estimate of drug-likeness (QED) is 0.242. The van der Waals surface area contributed by atoms with E-state index in [0.29, 0.717) is 0 Å². The maximum absolute atomic E-state index is 11.3. The van der Waals surface area contributed by atoms with Gasteiger partial charge in [0.1, 0.15) is 23.2 Å². The van der Waals surface area contributed by atoms with Gasteiger partial charge in [0.05, 0.1) is 11.1 Å². The number of benzene rings is 4. The van der Waals surface area contributed by atoms with Crippen molar-refractivity contribution in [1.82, 2.24) is 0 Å². The van der Waals surface area contributed by atoms with Crippen molar-refractivity contribution in [1.29, 1.82) is 0 Å². The fourth-order valence-corrected chi connectivity index (χ4v) is 8.04. The summed E-state index contributed by atoms with van der Waals surface area (Å²) in [4.78, 5) is 11.0. The van der Waals surface area contributed by atoms with Gasteiger partial charge in [-0.2, -0.15) is 0 Å². The van der Waals surface area contributed by atoms with Gasteiger partial charge in [0.15, 0.2) is 0 Å². The molecule has 0 amide bonds. The first kappa shape index (κ1) is 21.9. The highest BCUT2D eigenvalue weighted by Gasteiger charge is 2.45. The molecule has 0 fully saturated rings. The fraction of sp³-hybridized carbons (Fsp3) is 0.0400. The Labute approximate surface area is 187 Å². The van der Waals surface area contributed by atoms with Gasteiger partial charge in [-0.15, -0.1) is 0 Å². The molecule has 150 valence electrons. The molecule has 0 aliphatic heterocycles. The van der Waals surface area contributed by atoms with Gasteiger partial charge in [-0.3, -0.25) is 10.1 Å². The average Bonchev–Trinajstić information content (AvgIpc) is 2.79. The van der Waals surface area contributed by atoms with E-state index in [-0.39, 0.29) is 27.6 Å². The predicted octanol–water partition coefficient (Wildman–Crippen LogP) is 2.09. The van der Waals surface area contributed by atoms with Crippen molar-refractivity contribution in [2.75, 3.05) is 0 Å². The molecule has 0 saturated carbocycles. The summed E-state index contributed by atoms with van der Waals surface area (Å²) in [5, 5.41) is 15.1. The lowest BCUT2D eigenvalue weighted by atomic mass is 10.2. The lowest BCUT2D eigenvalue weighted by Gasteiger charge is -2.27. The minimum atomic E-state index is -2.05. The first-order valence-corrected chi connectivity index (χ1v) is 11.5. The van der Waals surface area contributed by atoms with E-state index in [4.69, 9.17) is 0 Å². The Morgan fingerprint density at radius 3 is 1.47 bits per heavy atom. The second-order valence-corrected chi connectivity index (χ2v) is 10.4. The van der Waals surface area contributed by atoms with Gasteiger partial charge < -0.3 is 17.0 Å².